The number of phenols is 1. The van der Waals surface area contributed by atoms with Crippen LogP contribution in [0.3, 0.4) is 0 Å². The van der Waals surface area contributed by atoms with Crippen molar-refractivity contribution in [2.24, 2.45) is 0 Å². The third-order valence-electron chi connectivity index (χ3n) is 2.95. The van der Waals surface area contributed by atoms with Crippen LogP contribution in [-0.4, -0.2) is 18.5 Å². The van der Waals surface area contributed by atoms with E-state index in [0.717, 1.165) is 6.20 Å². The third kappa shape index (κ3) is 3.12. The van der Waals surface area contributed by atoms with Gasteiger partial charge in [-0.2, -0.15) is 5.26 Å². The molecular formula is C14H13N3O3S. The molecule has 0 amide bonds. The van der Waals surface area contributed by atoms with Crippen molar-refractivity contribution in [2.75, 3.05) is 4.72 Å². The predicted octanol–water partition coefficient (Wildman–Crippen LogP) is 2.08. The first-order valence-corrected chi connectivity index (χ1v) is 7.51. The number of aromatic nitrogens is 1. The summed E-state index contributed by atoms with van der Waals surface area (Å²) in [4.78, 5) is 3.70. The first kappa shape index (κ1) is 14.8. The van der Waals surface area contributed by atoms with E-state index in [4.69, 9.17) is 5.26 Å². The first-order valence-electron chi connectivity index (χ1n) is 6.02. The molecule has 0 unspecified atom stereocenters. The maximum atomic E-state index is 12.3. The zero-order valence-corrected chi connectivity index (χ0v) is 12.3. The molecule has 1 heterocycles. The van der Waals surface area contributed by atoms with Gasteiger partial charge in [0, 0.05) is 6.20 Å². The van der Waals surface area contributed by atoms with Gasteiger partial charge >= 0.3 is 0 Å². The standard InChI is InChI=1S/C14H13N3O3S/c1-9-6-14(18)10(2)5-13(9)17-21(19,20)12-4-3-11(7-15)16-8-12/h3-6,8,17-18H,1-2H3. The lowest BCUT2D eigenvalue weighted by Gasteiger charge is -2.12. The van der Waals surface area contributed by atoms with Crippen LogP contribution in [0, 0.1) is 25.2 Å². The number of benzene rings is 1. The third-order valence-corrected chi connectivity index (χ3v) is 4.30. The Hall–Kier alpha value is -2.59. The first-order chi connectivity index (χ1) is 9.83. The number of rotatable bonds is 3. The van der Waals surface area contributed by atoms with Crippen molar-refractivity contribution >= 4 is 15.7 Å². The van der Waals surface area contributed by atoms with E-state index in [1.165, 1.54) is 18.2 Å². The quantitative estimate of drug-likeness (QED) is 0.845. The SMILES string of the molecule is Cc1cc(NS(=O)(=O)c2ccc(C#N)nc2)c(C)cc1O. The van der Waals surface area contributed by atoms with Crippen LogP contribution in [0.25, 0.3) is 0 Å². The predicted molar refractivity (Wildman–Crippen MR) is 77.3 cm³/mol. The molecule has 0 bridgehead atoms. The van der Waals surface area contributed by atoms with Crippen molar-refractivity contribution in [1.29, 1.82) is 5.26 Å². The van der Waals surface area contributed by atoms with Crippen molar-refractivity contribution < 1.29 is 13.5 Å². The largest absolute Gasteiger partial charge is 0.508 e. The molecule has 1 aromatic carbocycles. The molecule has 1 aromatic heterocycles. The maximum absolute atomic E-state index is 12.3. The molecule has 0 saturated carbocycles. The maximum Gasteiger partial charge on any atom is 0.263 e. The zero-order chi connectivity index (χ0) is 15.6. The normalized spacial score (nSPS) is 10.9. The fourth-order valence-corrected chi connectivity index (χ4v) is 2.79. The topological polar surface area (TPSA) is 103 Å². The Kier molecular flexibility index (Phi) is 3.82. The van der Waals surface area contributed by atoms with Gasteiger partial charge in [-0.05, 0) is 49.2 Å². The highest BCUT2D eigenvalue weighted by Gasteiger charge is 2.16. The van der Waals surface area contributed by atoms with E-state index in [1.54, 1.807) is 19.9 Å². The average Bonchev–Trinajstić information content (AvgIpc) is 2.44. The van der Waals surface area contributed by atoms with Crippen LogP contribution in [-0.2, 0) is 10.0 Å². The van der Waals surface area contributed by atoms with Crippen LogP contribution in [0.15, 0.2) is 35.4 Å². The van der Waals surface area contributed by atoms with Crippen LogP contribution in [0.1, 0.15) is 16.8 Å². The number of sulfonamides is 1. The highest BCUT2D eigenvalue weighted by molar-refractivity contribution is 7.92. The van der Waals surface area contributed by atoms with E-state index in [-0.39, 0.29) is 16.3 Å². The summed E-state index contributed by atoms with van der Waals surface area (Å²) in [5.74, 6) is 0.107. The molecular weight excluding hydrogens is 290 g/mol. The minimum atomic E-state index is -3.79. The van der Waals surface area contributed by atoms with Gasteiger partial charge in [0.25, 0.3) is 10.0 Å². The lowest BCUT2D eigenvalue weighted by atomic mass is 10.1. The fraction of sp³-hybridized carbons (Fsp3) is 0.143. The Morgan fingerprint density at radius 1 is 1.24 bits per heavy atom. The van der Waals surface area contributed by atoms with Gasteiger partial charge in [0.1, 0.15) is 22.4 Å². The van der Waals surface area contributed by atoms with Gasteiger partial charge in [-0.3, -0.25) is 4.72 Å². The highest BCUT2D eigenvalue weighted by atomic mass is 32.2. The van der Waals surface area contributed by atoms with Crippen molar-refractivity contribution in [3.63, 3.8) is 0 Å². The number of hydrogen-bond donors (Lipinski definition) is 2. The Balaban J connectivity index is 2.37. The molecule has 7 heteroatoms. The van der Waals surface area contributed by atoms with Gasteiger partial charge in [-0.25, -0.2) is 13.4 Å². The molecule has 0 spiro atoms. The van der Waals surface area contributed by atoms with Gasteiger partial charge < -0.3 is 5.11 Å². The number of nitrogens with one attached hydrogen (secondary N) is 1. The Bertz CT molecular complexity index is 822. The smallest absolute Gasteiger partial charge is 0.263 e. The van der Waals surface area contributed by atoms with Crippen LogP contribution in [0.2, 0.25) is 0 Å². The summed E-state index contributed by atoms with van der Waals surface area (Å²) in [5, 5.41) is 18.2. The van der Waals surface area contributed by atoms with E-state index >= 15 is 0 Å². The summed E-state index contributed by atoms with van der Waals surface area (Å²) < 4.78 is 27.0. The molecule has 0 saturated heterocycles. The number of phenolic OH excluding ortho intramolecular Hbond substituents is 1. The summed E-state index contributed by atoms with van der Waals surface area (Å²) >= 11 is 0. The van der Waals surface area contributed by atoms with Crippen molar-refractivity contribution in [3.05, 3.63) is 47.3 Å². The zero-order valence-electron chi connectivity index (χ0n) is 11.5. The molecule has 2 rings (SSSR count). The second-order valence-electron chi connectivity index (χ2n) is 4.55. The van der Waals surface area contributed by atoms with Gasteiger partial charge in [-0.15, -0.1) is 0 Å². The molecule has 2 N–H and O–H groups in total. The van der Waals surface area contributed by atoms with Crippen LogP contribution >= 0.6 is 0 Å². The van der Waals surface area contributed by atoms with Gasteiger partial charge in [0.15, 0.2) is 0 Å². The van der Waals surface area contributed by atoms with E-state index < -0.39 is 10.0 Å². The molecule has 0 radical (unpaired) electrons. The van der Waals surface area contributed by atoms with Crippen LogP contribution < -0.4 is 4.72 Å². The second kappa shape index (κ2) is 5.42. The number of anilines is 1. The lowest BCUT2D eigenvalue weighted by Crippen LogP contribution is -2.14. The highest BCUT2D eigenvalue weighted by Crippen LogP contribution is 2.26. The number of aromatic hydroxyl groups is 1. The molecule has 0 fully saturated rings. The van der Waals surface area contributed by atoms with Crippen molar-refractivity contribution in [1.82, 2.24) is 4.98 Å². The number of pyridine rings is 1. The summed E-state index contributed by atoms with van der Waals surface area (Å²) in [6.07, 6.45) is 1.13. The molecule has 0 aliphatic rings. The monoisotopic (exact) mass is 303 g/mol. The van der Waals surface area contributed by atoms with Crippen molar-refractivity contribution in [2.45, 2.75) is 18.7 Å². The lowest BCUT2D eigenvalue weighted by molar-refractivity contribution is 0.471. The number of aryl methyl sites for hydroxylation is 2. The summed E-state index contributed by atoms with van der Waals surface area (Å²) in [5.41, 5.74) is 1.69. The Morgan fingerprint density at radius 3 is 2.52 bits per heavy atom. The molecule has 0 atom stereocenters. The fourth-order valence-electron chi connectivity index (χ4n) is 1.72. The molecule has 21 heavy (non-hydrogen) atoms. The molecule has 2 aromatic rings. The Labute approximate surface area is 122 Å². The molecule has 0 aliphatic carbocycles. The second-order valence-corrected chi connectivity index (χ2v) is 6.23. The summed E-state index contributed by atoms with van der Waals surface area (Å²) in [6.45, 7) is 3.36. The van der Waals surface area contributed by atoms with Crippen LogP contribution in [0.5, 0.6) is 5.75 Å². The Morgan fingerprint density at radius 2 is 1.95 bits per heavy atom. The average molecular weight is 303 g/mol. The summed E-state index contributed by atoms with van der Waals surface area (Å²) in [6, 6.07) is 7.52. The van der Waals surface area contributed by atoms with Gasteiger partial charge in [0.05, 0.1) is 5.69 Å². The summed E-state index contributed by atoms with van der Waals surface area (Å²) in [7, 11) is -3.79. The number of nitriles is 1. The van der Waals surface area contributed by atoms with Crippen molar-refractivity contribution in [3.8, 4) is 11.8 Å². The van der Waals surface area contributed by atoms with E-state index in [1.807, 2.05) is 6.07 Å². The van der Waals surface area contributed by atoms with E-state index in [0.29, 0.717) is 16.8 Å². The number of hydrogen-bond acceptors (Lipinski definition) is 5. The van der Waals surface area contributed by atoms with Gasteiger partial charge in [-0.1, -0.05) is 0 Å². The minimum Gasteiger partial charge on any atom is -0.508 e. The molecule has 0 aliphatic heterocycles. The number of nitrogens with zero attached hydrogens (tertiary/aromatic N) is 2. The molecule has 108 valence electrons. The minimum absolute atomic E-state index is 0.0355. The molecule has 6 nitrogen and oxygen atoms in total. The van der Waals surface area contributed by atoms with Gasteiger partial charge in [0.2, 0.25) is 0 Å². The van der Waals surface area contributed by atoms with Crippen LogP contribution in [0.4, 0.5) is 5.69 Å². The van der Waals surface area contributed by atoms with E-state index in [2.05, 4.69) is 9.71 Å². The van der Waals surface area contributed by atoms with E-state index in [9.17, 15) is 13.5 Å².